The summed E-state index contributed by atoms with van der Waals surface area (Å²) in [7, 11) is 0. The molecule has 0 saturated carbocycles. The number of aliphatic hydroxyl groups excluding tert-OH is 1. The summed E-state index contributed by atoms with van der Waals surface area (Å²) in [5.41, 5.74) is -0.190. The topological polar surface area (TPSA) is 40.5 Å². The number of carbonyl (C=O) groups excluding carboxylic acids is 1. The minimum atomic E-state index is -0.697. The van der Waals surface area contributed by atoms with E-state index in [0.717, 1.165) is 12.1 Å². The van der Waals surface area contributed by atoms with Gasteiger partial charge >= 0.3 is 0 Å². The van der Waals surface area contributed by atoms with Gasteiger partial charge in [-0.05, 0) is 12.1 Å². The van der Waals surface area contributed by atoms with Gasteiger partial charge in [-0.25, -0.2) is 8.78 Å². The summed E-state index contributed by atoms with van der Waals surface area (Å²) < 4.78 is 26.6. The smallest absolute Gasteiger partial charge is 0.227 e. The summed E-state index contributed by atoms with van der Waals surface area (Å²) >= 11 is 0. The zero-order chi connectivity index (χ0) is 12.4. The number of aliphatic hydroxyl groups is 1. The first-order valence-corrected chi connectivity index (χ1v) is 5.43. The second-order valence-electron chi connectivity index (χ2n) is 4.22. The van der Waals surface area contributed by atoms with Gasteiger partial charge in [-0.2, -0.15) is 0 Å². The van der Waals surface area contributed by atoms with Crippen LogP contribution in [0.3, 0.4) is 0 Å². The molecule has 2 rings (SSSR count). The SMILES string of the molecule is O=C(Cc1c(F)cccc1F)N1CC(CO)C1. The number of likely N-dealkylation sites (tertiary alicyclic amines) is 1. The van der Waals surface area contributed by atoms with Crippen molar-refractivity contribution in [3.8, 4) is 0 Å². The molecule has 0 atom stereocenters. The summed E-state index contributed by atoms with van der Waals surface area (Å²) in [5.74, 6) is -1.60. The molecule has 1 aliphatic heterocycles. The minimum Gasteiger partial charge on any atom is -0.396 e. The Morgan fingerprint density at radius 2 is 1.94 bits per heavy atom. The van der Waals surface area contributed by atoms with Crippen LogP contribution >= 0.6 is 0 Å². The maximum absolute atomic E-state index is 13.3. The Balaban J connectivity index is 2.00. The molecular formula is C12H13F2NO2. The molecule has 1 aromatic carbocycles. The summed E-state index contributed by atoms with van der Waals surface area (Å²) in [5, 5.41) is 8.81. The van der Waals surface area contributed by atoms with Crippen molar-refractivity contribution >= 4 is 5.91 Å². The number of hydrogen-bond donors (Lipinski definition) is 1. The molecule has 0 unspecified atom stereocenters. The number of amides is 1. The maximum atomic E-state index is 13.3. The first-order valence-electron chi connectivity index (χ1n) is 5.43. The van der Waals surface area contributed by atoms with Gasteiger partial charge in [0.05, 0.1) is 6.42 Å². The molecule has 92 valence electrons. The van der Waals surface area contributed by atoms with Gasteiger partial charge in [0, 0.05) is 31.2 Å². The van der Waals surface area contributed by atoms with Crippen LogP contribution in [0.1, 0.15) is 5.56 Å². The maximum Gasteiger partial charge on any atom is 0.227 e. The van der Waals surface area contributed by atoms with Crippen molar-refractivity contribution in [2.24, 2.45) is 5.92 Å². The second-order valence-corrected chi connectivity index (χ2v) is 4.22. The Bertz CT molecular complexity index is 410. The number of hydrogen-bond acceptors (Lipinski definition) is 2. The van der Waals surface area contributed by atoms with Gasteiger partial charge in [-0.15, -0.1) is 0 Å². The van der Waals surface area contributed by atoms with Crippen molar-refractivity contribution in [2.75, 3.05) is 19.7 Å². The van der Waals surface area contributed by atoms with Crippen LogP contribution in [0, 0.1) is 17.6 Å². The molecule has 0 radical (unpaired) electrons. The molecule has 1 amide bonds. The third-order valence-electron chi connectivity index (χ3n) is 2.96. The van der Waals surface area contributed by atoms with E-state index >= 15 is 0 Å². The summed E-state index contributed by atoms with van der Waals surface area (Å²) in [4.78, 5) is 13.2. The van der Waals surface area contributed by atoms with Crippen molar-refractivity contribution in [3.63, 3.8) is 0 Å². The summed E-state index contributed by atoms with van der Waals surface area (Å²) in [6, 6.07) is 3.54. The molecule has 1 aliphatic rings. The Morgan fingerprint density at radius 1 is 1.35 bits per heavy atom. The summed E-state index contributed by atoms with van der Waals surface area (Å²) in [6.45, 7) is 0.967. The molecule has 1 N–H and O–H groups in total. The predicted molar refractivity (Wildman–Crippen MR) is 57.2 cm³/mol. The number of nitrogens with zero attached hydrogens (tertiary/aromatic N) is 1. The number of halogens is 2. The Hall–Kier alpha value is -1.49. The van der Waals surface area contributed by atoms with Crippen molar-refractivity contribution in [3.05, 3.63) is 35.4 Å². The highest BCUT2D eigenvalue weighted by Gasteiger charge is 2.30. The van der Waals surface area contributed by atoms with Crippen LogP contribution in [0.4, 0.5) is 8.78 Å². The molecule has 1 aromatic rings. The monoisotopic (exact) mass is 241 g/mol. The first-order chi connectivity index (χ1) is 8.11. The van der Waals surface area contributed by atoms with Gasteiger partial charge in [-0.3, -0.25) is 4.79 Å². The van der Waals surface area contributed by atoms with Crippen LogP contribution in [-0.2, 0) is 11.2 Å². The molecule has 0 bridgehead atoms. The van der Waals surface area contributed by atoms with Gasteiger partial charge < -0.3 is 10.0 Å². The standard InChI is InChI=1S/C12H13F2NO2/c13-10-2-1-3-11(14)9(10)4-12(17)15-5-8(6-15)7-16/h1-3,8,16H,4-7H2. The van der Waals surface area contributed by atoms with E-state index < -0.39 is 11.6 Å². The van der Waals surface area contributed by atoms with Crippen molar-refractivity contribution in [1.82, 2.24) is 4.90 Å². The molecule has 1 heterocycles. The Kier molecular flexibility index (Phi) is 3.38. The van der Waals surface area contributed by atoms with Gasteiger partial charge in [0.1, 0.15) is 11.6 Å². The van der Waals surface area contributed by atoms with E-state index in [1.165, 1.54) is 11.0 Å². The third kappa shape index (κ3) is 2.44. The number of benzene rings is 1. The average molecular weight is 241 g/mol. The van der Waals surface area contributed by atoms with E-state index in [-0.39, 0.29) is 30.4 Å². The van der Waals surface area contributed by atoms with Crippen LogP contribution in [0.5, 0.6) is 0 Å². The quantitative estimate of drug-likeness (QED) is 0.856. The fraction of sp³-hybridized carbons (Fsp3) is 0.417. The highest BCUT2D eigenvalue weighted by molar-refractivity contribution is 5.79. The molecule has 3 nitrogen and oxygen atoms in total. The highest BCUT2D eigenvalue weighted by atomic mass is 19.1. The fourth-order valence-electron chi connectivity index (χ4n) is 1.85. The molecule has 0 spiro atoms. The van der Waals surface area contributed by atoms with Crippen molar-refractivity contribution in [1.29, 1.82) is 0 Å². The second kappa shape index (κ2) is 4.79. The lowest BCUT2D eigenvalue weighted by atomic mass is 10.00. The normalized spacial score (nSPS) is 15.8. The van der Waals surface area contributed by atoms with Crippen LogP contribution in [0.15, 0.2) is 18.2 Å². The number of carbonyl (C=O) groups is 1. The largest absolute Gasteiger partial charge is 0.396 e. The molecule has 0 aliphatic carbocycles. The van der Waals surface area contributed by atoms with Gasteiger partial charge in [-0.1, -0.05) is 6.07 Å². The zero-order valence-electron chi connectivity index (χ0n) is 9.20. The van der Waals surface area contributed by atoms with Gasteiger partial charge in [0.15, 0.2) is 0 Å². The van der Waals surface area contributed by atoms with Crippen LogP contribution in [0.2, 0.25) is 0 Å². The van der Waals surface area contributed by atoms with Crippen LogP contribution < -0.4 is 0 Å². The molecular weight excluding hydrogens is 228 g/mol. The van der Waals surface area contributed by atoms with E-state index in [1.54, 1.807) is 0 Å². The highest BCUT2D eigenvalue weighted by Crippen LogP contribution is 2.18. The zero-order valence-corrected chi connectivity index (χ0v) is 9.20. The van der Waals surface area contributed by atoms with Crippen molar-refractivity contribution in [2.45, 2.75) is 6.42 Å². The minimum absolute atomic E-state index is 0.0395. The van der Waals surface area contributed by atoms with E-state index in [2.05, 4.69) is 0 Å². The average Bonchev–Trinajstić information content (AvgIpc) is 2.22. The lowest BCUT2D eigenvalue weighted by Crippen LogP contribution is -2.51. The number of rotatable bonds is 3. The van der Waals surface area contributed by atoms with E-state index in [9.17, 15) is 13.6 Å². The summed E-state index contributed by atoms with van der Waals surface area (Å²) in [6.07, 6.45) is -0.267. The molecule has 0 aromatic heterocycles. The molecule has 5 heteroatoms. The van der Waals surface area contributed by atoms with E-state index in [1.807, 2.05) is 0 Å². The van der Waals surface area contributed by atoms with Gasteiger partial charge in [0.2, 0.25) is 5.91 Å². The van der Waals surface area contributed by atoms with E-state index in [0.29, 0.717) is 13.1 Å². The van der Waals surface area contributed by atoms with Crippen LogP contribution in [-0.4, -0.2) is 35.6 Å². The lowest BCUT2D eigenvalue weighted by Gasteiger charge is -2.38. The third-order valence-corrected chi connectivity index (χ3v) is 2.96. The van der Waals surface area contributed by atoms with Crippen LogP contribution in [0.25, 0.3) is 0 Å². The fourth-order valence-corrected chi connectivity index (χ4v) is 1.85. The molecule has 1 saturated heterocycles. The first kappa shape index (κ1) is 12.0. The lowest BCUT2D eigenvalue weighted by molar-refractivity contribution is -0.137. The van der Waals surface area contributed by atoms with Gasteiger partial charge in [0.25, 0.3) is 0 Å². The predicted octanol–water partition coefficient (Wildman–Crippen LogP) is 0.958. The molecule has 17 heavy (non-hydrogen) atoms. The Morgan fingerprint density at radius 3 is 2.47 bits per heavy atom. The van der Waals surface area contributed by atoms with Crippen molar-refractivity contribution < 1.29 is 18.7 Å². The Labute approximate surface area is 97.7 Å². The van der Waals surface area contributed by atoms with E-state index in [4.69, 9.17) is 5.11 Å². The molecule has 1 fully saturated rings.